The van der Waals surface area contributed by atoms with Crippen LogP contribution in [0.3, 0.4) is 0 Å². The zero-order valence-electron chi connectivity index (χ0n) is 29.7. The molecule has 14 heteroatoms. The molecule has 2 aromatic carbocycles. The van der Waals surface area contributed by atoms with E-state index in [1.54, 1.807) is 90.1 Å². The number of hydrogen-bond acceptors (Lipinski definition) is 10. The van der Waals surface area contributed by atoms with Gasteiger partial charge in [-0.2, -0.15) is 0 Å². The minimum Gasteiger partial charge on any atom is -0.444 e. The fraction of sp³-hybridized carbons (Fsp3) is 0.556. The summed E-state index contributed by atoms with van der Waals surface area (Å²) in [5.41, 5.74) is 0.538. The molecule has 4 heterocycles. The van der Waals surface area contributed by atoms with Crippen LogP contribution in [-0.4, -0.2) is 107 Å². The van der Waals surface area contributed by atoms with Crippen LogP contribution < -0.4 is 0 Å². The molecular weight excluding hydrogens is 685 g/mol. The maximum atomic E-state index is 13.1. The second-order valence-corrected chi connectivity index (χ2v) is 19.7. The van der Waals surface area contributed by atoms with Crippen LogP contribution in [0.15, 0.2) is 70.5 Å². The Morgan fingerprint density at radius 2 is 1.02 bits per heavy atom. The van der Waals surface area contributed by atoms with Gasteiger partial charge in [0.2, 0.25) is 0 Å². The average molecular weight is 733 g/mol. The highest BCUT2D eigenvalue weighted by Gasteiger charge is 2.61. The number of hydrogen-bond donors (Lipinski definition) is 2. The first kappa shape index (κ1) is 37.8. The van der Waals surface area contributed by atoms with Crippen LogP contribution in [0.5, 0.6) is 0 Å². The van der Waals surface area contributed by atoms with Gasteiger partial charge in [0.15, 0.2) is 19.7 Å². The number of aliphatic hydroxyl groups excluding tert-OH is 2. The fourth-order valence-electron chi connectivity index (χ4n) is 7.20. The van der Waals surface area contributed by atoms with Crippen LogP contribution in [0.2, 0.25) is 0 Å². The number of sulfone groups is 2. The van der Waals surface area contributed by atoms with Crippen LogP contribution in [-0.2, 0) is 29.1 Å². The normalized spacial score (nSPS) is 28.8. The predicted octanol–water partition coefficient (Wildman–Crippen LogP) is 4.34. The molecule has 274 valence electrons. The molecule has 2 N–H and O–H groups in total. The Hall–Kier alpha value is -3.46. The highest BCUT2D eigenvalue weighted by atomic mass is 32.2. The van der Waals surface area contributed by atoms with Gasteiger partial charge < -0.3 is 19.7 Å². The topological polar surface area (TPSA) is 168 Å². The number of aliphatic hydroxyl groups is 2. The maximum absolute atomic E-state index is 13.1. The molecule has 12 nitrogen and oxygen atoms in total. The molecule has 8 unspecified atom stereocenters. The van der Waals surface area contributed by atoms with E-state index in [2.05, 4.69) is 0 Å². The number of carbonyl (C=O) groups excluding carboxylic acids is 2. The van der Waals surface area contributed by atoms with Crippen LogP contribution >= 0.6 is 0 Å². The number of ether oxygens (including phenoxy) is 2. The standard InChI is InChI=1S/C18H25NO5S.C18H23NO5S/c2*1-11-5-7-12(8-6-11)25(22,23)16-14-10-9-13(15(16)20)19(14)17(21)24-18(2,3)4/h5-8,13-16,20H,9-10H2,1-4H3;5-10,13-16,20H,1-4H3. The van der Waals surface area contributed by atoms with E-state index < -0.39 is 89.9 Å². The lowest BCUT2D eigenvalue weighted by atomic mass is 9.97. The molecule has 2 aromatic rings. The Kier molecular flexibility index (Phi) is 10.0. The Bertz CT molecular complexity index is 1820. The van der Waals surface area contributed by atoms with Crippen LogP contribution in [0.1, 0.15) is 65.5 Å². The molecule has 0 aliphatic carbocycles. The van der Waals surface area contributed by atoms with Crippen molar-refractivity contribution < 1.29 is 46.1 Å². The number of fused-ring (bicyclic) bond motifs is 4. The van der Waals surface area contributed by atoms with Crippen LogP contribution in [0, 0.1) is 13.8 Å². The van der Waals surface area contributed by atoms with E-state index in [-0.39, 0.29) is 9.79 Å². The van der Waals surface area contributed by atoms with Gasteiger partial charge in [-0.3, -0.25) is 9.80 Å². The maximum Gasteiger partial charge on any atom is 0.411 e. The first-order valence-corrected chi connectivity index (χ1v) is 19.8. The summed E-state index contributed by atoms with van der Waals surface area (Å²) in [6.07, 6.45) is 1.01. The monoisotopic (exact) mass is 732 g/mol. The van der Waals surface area contributed by atoms with Gasteiger partial charge >= 0.3 is 12.2 Å². The van der Waals surface area contributed by atoms with Gasteiger partial charge in [0.05, 0.1) is 46.2 Å². The van der Waals surface area contributed by atoms with E-state index in [1.165, 1.54) is 21.9 Å². The number of amides is 2. The summed E-state index contributed by atoms with van der Waals surface area (Å²) in [6, 6.07) is 10.6. The highest BCUT2D eigenvalue weighted by molar-refractivity contribution is 7.92. The highest BCUT2D eigenvalue weighted by Crippen LogP contribution is 2.44. The van der Waals surface area contributed by atoms with Gasteiger partial charge in [-0.15, -0.1) is 0 Å². The van der Waals surface area contributed by atoms with E-state index in [0.717, 1.165) is 11.1 Å². The van der Waals surface area contributed by atoms with Gasteiger partial charge in [-0.05, 0) is 92.5 Å². The molecule has 4 aliphatic rings. The lowest BCUT2D eigenvalue weighted by molar-refractivity contribution is 0.0167. The van der Waals surface area contributed by atoms with Crippen molar-refractivity contribution in [2.75, 3.05) is 0 Å². The summed E-state index contributed by atoms with van der Waals surface area (Å²) >= 11 is 0. The third kappa shape index (κ3) is 7.17. The quantitative estimate of drug-likeness (QED) is 0.432. The molecule has 0 radical (unpaired) electrons. The van der Waals surface area contributed by atoms with Crippen molar-refractivity contribution in [3.63, 3.8) is 0 Å². The zero-order valence-corrected chi connectivity index (χ0v) is 31.3. The molecule has 4 bridgehead atoms. The summed E-state index contributed by atoms with van der Waals surface area (Å²) in [5, 5.41) is 19.1. The van der Waals surface area contributed by atoms with E-state index in [4.69, 9.17) is 9.47 Å². The van der Waals surface area contributed by atoms with Gasteiger partial charge in [0.1, 0.15) is 21.7 Å². The summed E-state index contributed by atoms with van der Waals surface area (Å²) in [6.45, 7) is 14.3. The Morgan fingerprint density at radius 3 is 1.48 bits per heavy atom. The lowest BCUT2D eigenvalue weighted by Gasteiger charge is -2.28. The van der Waals surface area contributed by atoms with Crippen molar-refractivity contribution in [2.45, 2.75) is 136 Å². The molecule has 0 aromatic heterocycles. The summed E-state index contributed by atoms with van der Waals surface area (Å²) in [5.74, 6) is 0. The van der Waals surface area contributed by atoms with Crippen molar-refractivity contribution in [1.29, 1.82) is 0 Å². The lowest BCUT2D eigenvalue weighted by Crippen LogP contribution is -2.43. The van der Waals surface area contributed by atoms with Crippen molar-refractivity contribution in [3.8, 4) is 0 Å². The Balaban J connectivity index is 0.000000194. The van der Waals surface area contributed by atoms with Gasteiger partial charge in [0.25, 0.3) is 0 Å². The molecule has 4 aliphatic heterocycles. The van der Waals surface area contributed by atoms with Crippen molar-refractivity contribution in [1.82, 2.24) is 9.80 Å². The molecule has 0 spiro atoms. The summed E-state index contributed by atoms with van der Waals surface area (Å²) < 4.78 is 63.0. The van der Waals surface area contributed by atoms with Crippen LogP contribution in [0.25, 0.3) is 0 Å². The molecule has 50 heavy (non-hydrogen) atoms. The second kappa shape index (κ2) is 13.3. The molecule has 6 rings (SSSR count). The van der Waals surface area contributed by atoms with E-state index >= 15 is 0 Å². The SMILES string of the molecule is Cc1ccc(S(=O)(=O)C2C(O)C3C=CC2N3C(=O)OC(C)(C)C)cc1.Cc1ccc(S(=O)(=O)C2C(O)C3CCC2N3C(=O)OC(C)(C)C)cc1. The Labute approximate surface area is 294 Å². The summed E-state index contributed by atoms with van der Waals surface area (Å²) in [7, 11) is -7.54. The number of aryl methyl sites for hydroxylation is 2. The smallest absolute Gasteiger partial charge is 0.411 e. The second-order valence-electron chi connectivity index (χ2n) is 15.5. The number of benzene rings is 2. The third-order valence-corrected chi connectivity index (χ3v) is 13.8. The summed E-state index contributed by atoms with van der Waals surface area (Å²) in [4.78, 5) is 28.1. The predicted molar refractivity (Wildman–Crippen MR) is 186 cm³/mol. The number of nitrogens with zero attached hydrogens (tertiary/aromatic N) is 2. The van der Waals surface area contributed by atoms with Gasteiger partial charge in [-0.1, -0.05) is 47.5 Å². The largest absolute Gasteiger partial charge is 0.444 e. The van der Waals surface area contributed by atoms with E-state index in [0.29, 0.717) is 12.8 Å². The van der Waals surface area contributed by atoms with Crippen LogP contribution in [0.4, 0.5) is 9.59 Å². The number of rotatable bonds is 4. The molecular formula is C36H48N2O10S2. The third-order valence-electron chi connectivity index (χ3n) is 9.38. The molecule has 3 fully saturated rings. The first-order valence-electron chi connectivity index (χ1n) is 16.7. The first-order chi connectivity index (χ1) is 23.0. The molecule has 2 amide bonds. The van der Waals surface area contributed by atoms with Crippen molar-refractivity contribution >= 4 is 31.9 Å². The van der Waals surface area contributed by atoms with Crippen molar-refractivity contribution in [3.05, 3.63) is 71.8 Å². The van der Waals surface area contributed by atoms with Crippen molar-refractivity contribution in [2.24, 2.45) is 0 Å². The van der Waals surface area contributed by atoms with E-state index in [1.807, 2.05) is 13.8 Å². The van der Waals surface area contributed by atoms with E-state index in [9.17, 15) is 36.6 Å². The molecule has 0 saturated carbocycles. The fourth-order valence-corrected chi connectivity index (χ4v) is 11.2. The van der Waals surface area contributed by atoms with Gasteiger partial charge in [0, 0.05) is 0 Å². The number of carbonyl (C=O) groups is 2. The molecule has 8 atom stereocenters. The zero-order chi connectivity index (χ0) is 37.1. The minimum atomic E-state index is -3.80. The average Bonchev–Trinajstić information content (AvgIpc) is 3.74. The minimum absolute atomic E-state index is 0.146. The Morgan fingerprint density at radius 1 is 0.620 bits per heavy atom. The van der Waals surface area contributed by atoms with Gasteiger partial charge in [-0.25, -0.2) is 26.4 Å². The molecule has 3 saturated heterocycles.